The summed E-state index contributed by atoms with van der Waals surface area (Å²) in [4.78, 5) is 31.3. The van der Waals surface area contributed by atoms with Gasteiger partial charge in [-0.2, -0.15) is 0 Å². The highest BCUT2D eigenvalue weighted by Gasteiger charge is 2.32. The molecule has 2 amide bonds. The number of aliphatic imine (C=N–C) groups is 1. The summed E-state index contributed by atoms with van der Waals surface area (Å²) in [6.45, 7) is 6.44. The lowest BCUT2D eigenvalue weighted by molar-refractivity contribution is -0.118. The molecule has 5 nitrogen and oxygen atoms in total. The molecule has 0 spiro atoms. The zero-order valence-electron chi connectivity index (χ0n) is 17.9. The van der Waals surface area contributed by atoms with Gasteiger partial charge in [-0.3, -0.25) is 14.5 Å². The number of amides is 2. The van der Waals surface area contributed by atoms with Crippen molar-refractivity contribution < 1.29 is 9.59 Å². The molecular formula is C25H25N3O2S. The lowest BCUT2D eigenvalue weighted by Gasteiger charge is -2.17. The maximum atomic E-state index is 13.2. The number of hydrogen-bond donors (Lipinski definition) is 1. The Labute approximate surface area is 187 Å². The standard InChI is InChI=1S/C25H25N3O2S/c1-5-14-26-23(29)16-31-25-27-22(15-19-8-10-20(11-9-19)17(2)3)24(30)28(25)21-12-6-18(4)7-13-21/h1,6-13,15,17H,14,16H2,2-4H3,(H,26,29)/b22-15-. The first-order valence-corrected chi connectivity index (χ1v) is 11.0. The molecule has 3 rings (SSSR count). The molecule has 2 aromatic rings. The Morgan fingerprint density at radius 1 is 1.19 bits per heavy atom. The Kier molecular flexibility index (Phi) is 7.32. The van der Waals surface area contributed by atoms with Crippen molar-refractivity contribution in [3.8, 4) is 12.3 Å². The Hall–Kier alpha value is -3.30. The summed E-state index contributed by atoms with van der Waals surface area (Å²) < 4.78 is 0. The van der Waals surface area contributed by atoms with Crippen LogP contribution in [0.2, 0.25) is 0 Å². The molecule has 0 saturated carbocycles. The molecule has 0 aromatic heterocycles. The first-order valence-electron chi connectivity index (χ1n) is 10.0. The molecule has 0 bridgehead atoms. The quantitative estimate of drug-likeness (QED) is 0.547. The molecule has 2 aromatic carbocycles. The van der Waals surface area contributed by atoms with Crippen LogP contribution in [0, 0.1) is 19.3 Å². The van der Waals surface area contributed by atoms with E-state index in [1.54, 1.807) is 11.0 Å². The lowest BCUT2D eigenvalue weighted by atomic mass is 10.0. The van der Waals surface area contributed by atoms with Crippen LogP contribution in [0.25, 0.3) is 6.08 Å². The summed E-state index contributed by atoms with van der Waals surface area (Å²) >= 11 is 1.21. The van der Waals surface area contributed by atoms with Crippen LogP contribution in [-0.4, -0.2) is 29.3 Å². The molecule has 0 radical (unpaired) electrons. The fraction of sp³-hybridized carbons (Fsp3) is 0.240. The minimum atomic E-state index is -0.219. The van der Waals surface area contributed by atoms with Gasteiger partial charge in [0, 0.05) is 0 Å². The van der Waals surface area contributed by atoms with Gasteiger partial charge in [-0.1, -0.05) is 73.5 Å². The lowest BCUT2D eigenvalue weighted by Crippen LogP contribution is -2.32. The summed E-state index contributed by atoms with van der Waals surface area (Å²) in [5, 5.41) is 3.09. The molecule has 158 valence electrons. The van der Waals surface area contributed by atoms with Crippen LogP contribution < -0.4 is 10.2 Å². The maximum Gasteiger partial charge on any atom is 0.283 e. The number of anilines is 1. The third-order valence-corrected chi connectivity index (χ3v) is 5.69. The third-order valence-electron chi connectivity index (χ3n) is 4.75. The fourth-order valence-corrected chi connectivity index (χ4v) is 3.82. The van der Waals surface area contributed by atoms with Gasteiger partial charge < -0.3 is 5.32 Å². The van der Waals surface area contributed by atoms with E-state index in [-0.39, 0.29) is 24.1 Å². The average Bonchev–Trinajstić information content (AvgIpc) is 3.06. The van der Waals surface area contributed by atoms with Crippen molar-refractivity contribution in [3.63, 3.8) is 0 Å². The minimum absolute atomic E-state index is 0.118. The number of benzene rings is 2. The summed E-state index contributed by atoms with van der Waals surface area (Å²) in [6, 6.07) is 15.7. The van der Waals surface area contributed by atoms with E-state index in [4.69, 9.17) is 6.42 Å². The molecule has 0 saturated heterocycles. The molecule has 1 heterocycles. The second-order valence-corrected chi connectivity index (χ2v) is 8.43. The predicted octanol–water partition coefficient (Wildman–Crippen LogP) is 4.34. The van der Waals surface area contributed by atoms with Gasteiger partial charge in [0.1, 0.15) is 5.70 Å². The molecule has 1 aliphatic heterocycles. The molecular weight excluding hydrogens is 406 g/mol. The van der Waals surface area contributed by atoms with Gasteiger partial charge in [-0.15, -0.1) is 6.42 Å². The molecule has 0 atom stereocenters. The largest absolute Gasteiger partial charge is 0.344 e. The van der Waals surface area contributed by atoms with Crippen LogP contribution in [-0.2, 0) is 9.59 Å². The number of thioether (sulfide) groups is 1. The van der Waals surface area contributed by atoms with Gasteiger partial charge in [0.05, 0.1) is 18.0 Å². The number of carbonyl (C=O) groups excluding carboxylic acids is 2. The highest BCUT2D eigenvalue weighted by atomic mass is 32.2. The van der Waals surface area contributed by atoms with Gasteiger partial charge in [-0.25, -0.2) is 4.99 Å². The Bertz CT molecular complexity index is 1060. The first-order chi connectivity index (χ1) is 14.9. The predicted molar refractivity (Wildman–Crippen MR) is 129 cm³/mol. The van der Waals surface area contributed by atoms with Crippen molar-refractivity contribution in [2.24, 2.45) is 4.99 Å². The molecule has 0 unspecified atom stereocenters. The van der Waals surface area contributed by atoms with Crippen molar-refractivity contribution >= 4 is 40.5 Å². The van der Waals surface area contributed by atoms with Gasteiger partial charge in [0.15, 0.2) is 5.17 Å². The first kappa shape index (κ1) is 22.4. The fourth-order valence-electron chi connectivity index (χ4n) is 2.98. The molecule has 1 aliphatic rings. The Morgan fingerprint density at radius 3 is 2.48 bits per heavy atom. The topological polar surface area (TPSA) is 61.8 Å². The zero-order chi connectivity index (χ0) is 22.4. The summed E-state index contributed by atoms with van der Waals surface area (Å²) in [6.07, 6.45) is 6.96. The van der Waals surface area contributed by atoms with E-state index >= 15 is 0 Å². The SMILES string of the molecule is C#CCNC(=O)CSC1=N/C(=C\c2ccc(C(C)C)cc2)C(=O)N1c1ccc(C)cc1. The monoisotopic (exact) mass is 431 g/mol. The van der Waals surface area contributed by atoms with Crippen molar-refractivity contribution in [1.29, 1.82) is 0 Å². The summed E-state index contributed by atoms with van der Waals surface area (Å²) in [5.74, 6) is 2.51. The van der Waals surface area contributed by atoms with Crippen LogP contribution in [0.1, 0.15) is 36.5 Å². The number of amidine groups is 1. The van der Waals surface area contributed by atoms with Gasteiger partial charge in [-0.05, 0) is 42.2 Å². The van der Waals surface area contributed by atoms with Crippen LogP contribution in [0.4, 0.5) is 5.69 Å². The summed E-state index contributed by atoms with van der Waals surface area (Å²) in [5.41, 5.74) is 4.28. The highest BCUT2D eigenvalue weighted by molar-refractivity contribution is 8.14. The van der Waals surface area contributed by atoms with Crippen molar-refractivity contribution in [1.82, 2.24) is 5.32 Å². The van der Waals surface area contributed by atoms with E-state index in [0.29, 0.717) is 22.5 Å². The van der Waals surface area contributed by atoms with E-state index in [1.165, 1.54) is 17.3 Å². The molecule has 0 fully saturated rings. The molecule has 1 N–H and O–H groups in total. The number of aryl methyl sites for hydroxylation is 1. The van der Waals surface area contributed by atoms with Crippen LogP contribution >= 0.6 is 11.8 Å². The number of terminal acetylenes is 1. The van der Waals surface area contributed by atoms with E-state index in [0.717, 1.165) is 11.1 Å². The van der Waals surface area contributed by atoms with Gasteiger partial charge in [0.25, 0.3) is 5.91 Å². The van der Waals surface area contributed by atoms with Crippen LogP contribution in [0.3, 0.4) is 0 Å². The highest BCUT2D eigenvalue weighted by Crippen LogP contribution is 2.29. The number of nitrogens with one attached hydrogen (secondary N) is 1. The number of rotatable bonds is 6. The van der Waals surface area contributed by atoms with Crippen molar-refractivity contribution in [3.05, 3.63) is 70.9 Å². The van der Waals surface area contributed by atoms with Crippen LogP contribution in [0.15, 0.2) is 59.2 Å². The smallest absolute Gasteiger partial charge is 0.283 e. The van der Waals surface area contributed by atoms with E-state index in [2.05, 4.69) is 42.2 Å². The van der Waals surface area contributed by atoms with Crippen LogP contribution in [0.5, 0.6) is 0 Å². The van der Waals surface area contributed by atoms with Crippen molar-refractivity contribution in [2.45, 2.75) is 26.7 Å². The average molecular weight is 432 g/mol. The molecule has 6 heteroatoms. The zero-order valence-corrected chi connectivity index (χ0v) is 18.7. The number of carbonyl (C=O) groups is 2. The Morgan fingerprint density at radius 2 is 1.87 bits per heavy atom. The second kappa shape index (κ2) is 10.1. The van der Waals surface area contributed by atoms with E-state index < -0.39 is 0 Å². The second-order valence-electron chi connectivity index (χ2n) is 7.49. The van der Waals surface area contributed by atoms with Gasteiger partial charge in [0.2, 0.25) is 5.91 Å². The normalized spacial score (nSPS) is 14.7. The van der Waals surface area contributed by atoms with E-state index in [1.807, 2.05) is 43.3 Å². The minimum Gasteiger partial charge on any atom is -0.344 e. The number of hydrogen-bond acceptors (Lipinski definition) is 4. The van der Waals surface area contributed by atoms with Gasteiger partial charge >= 0.3 is 0 Å². The maximum absolute atomic E-state index is 13.2. The third kappa shape index (κ3) is 5.65. The van der Waals surface area contributed by atoms with E-state index in [9.17, 15) is 9.59 Å². The summed E-state index contributed by atoms with van der Waals surface area (Å²) in [7, 11) is 0. The molecule has 0 aliphatic carbocycles. The van der Waals surface area contributed by atoms with Crippen molar-refractivity contribution in [2.75, 3.05) is 17.2 Å². The molecule has 31 heavy (non-hydrogen) atoms. The number of nitrogens with zero attached hydrogens (tertiary/aromatic N) is 2. The Balaban J connectivity index is 1.88.